The second-order valence-corrected chi connectivity index (χ2v) is 8.29. The Kier molecular flexibility index (Phi) is 4.49. The lowest BCUT2D eigenvalue weighted by Crippen LogP contribution is -2.22. The Morgan fingerprint density at radius 2 is 2.00 bits per heavy atom. The van der Waals surface area contributed by atoms with Gasteiger partial charge in [0, 0.05) is 20.6 Å². The van der Waals surface area contributed by atoms with Gasteiger partial charge in [0.05, 0.1) is 16.3 Å². The Morgan fingerprint density at radius 1 is 1.33 bits per heavy atom. The fourth-order valence-electron chi connectivity index (χ4n) is 2.58. The van der Waals surface area contributed by atoms with E-state index in [0.29, 0.717) is 11.1 Å². The van der Waals surface area contributed by atoms with Crippen LogP contribution < -0.4 is 11.1 Å². The van der Waals surface area contributed by atoms with Crippen LogP contribution in [0.3, 0.4) is 0 Å². The Labute approximate surface area is 127 Å². The zero-order valence-electron chi connectivity index (χ0n) is 13.0. The van der Waals surface area contributed by atoms with Crippen molar-refractivity contribution in [2.75, 3.05) is 31.7 Å². The number of rotatable bonds is 7. The van der Waals surface area contributed by atoms with Gasteiger partial charge in [-0.15, -0.1) is 0 Å². The van der Waals surface area contributed by atoms with Gasteiger partial charge in [-0.3, -0.25) is 0 Å². The topological polar surface area (TPSA) is 75.4 Å². The largest absolute Gasteiger partial charge is 0.397 e. The van der Waals surface area contributed by atoms with Gasteiger partial charge in [0.25, 0.3) is 0 Å². The molecule has 0 atom stereocenters. The Bertz CT molecular complexity index is 607. The molecule has 1 aromatic rings. The van der Waals surface area contributed by atoms with E-state index in [1.807, 2.05) is 0 Å². The van der Waals surface area contributed by atoms with Crippen molar-refractivity contribution in [1.29, 1.82) is 0 Å². The molecule has 118 valence electrons. The molecule has 0 spiro atoms. The van der Waals surface area contributed by atoms with E-state index in [1.54, 1.807) is 12.1 Å². The van der Waals surface area contributed by atoms with Crippen molar-refractivity contribution in [3.05, 3.63) is 18.2 Å². The van der Waals surface area contributed by atoms with E-state index < -0.39 is 10.0 Å². The highest BCUT2D eigenvalue weighted by Crippen LogP contribution is 2.49. The van der Waals surface area contributed by atoms with Crippen molar-refractivity contribution in [2.45, 2.75) is 37.5 Å². The molecule has 1 aliphatic carbocycles. The summed E-state index contributed by atoms with van der Waals surface area (Å²) in [5, 5.41) is 3.37. The van der Waals surface area contributed by atoms with Crippen LogP contribution in [-0.4, -0.2) is 33.4 Å². The average Bonchev–Trinajstić information content (AvgIpc) is 3.17. The summed E-state index contributed by atoms with van der Waals surface area (Å²) >= 11 is 0. The van der Waals surface area contributed by atoms with Crippen LogP contribution >= 0.6 is 0 Å². The van der Waals surface area contributed by atoms with E-state index in [0.717, 1.165) is 12.2 Å². The van der Waals surface area contributed by atoms with Gasteiger partial charge in [0.15, 0.2) is 0 Å². The van der Waals surface area contributed by atoms with Crippen molar-refractivity contribution in [1.82, 2.24) is 4.31 Å². The van der Waals surface area contributed by atoms with Gasteiger partial charge in [-0.05, 0) is 42.9 Å². The van der Waals surface area contributed by atoms with Gasteiger partial charge in [-0.25, -0.2) is 12.7 Å². The van der Waals surface area contributed by atoms with E-state index in [2.05, 4.69) is 12.2 Å². The van der Waals surface area contributed by atoms with Crippen LogP contribution in [0.5, 0.6) is 0 Å². The van der Waals surface area contributed by atoms with Crippen LogP contribution in [0.2, 0.25) is 0 Å². The molecule has 0 heterocycles. The Hall–Kier alpha value is -1.27. The molecule has 21 heavy (non-hydrogen) atoms. The van der Waals surface area contributed by atoms with E-state index in [9.17, 15) is 8.42 Å². The normalized spacial score (nSPS) is 17.0. The van der Waals surface area contributed by atoms with Gasteiger partial charge >= 0.3 is 0 Å². The number of nitrogens with two attached hydrogens (primary N) is 1. The van der Waals surface area contributed by atoms with Gasteiger partial charge in [0.1, 0.15) is 0 Å². The van der Waals surface area contributed by atoms with Gasteiger partial charge in [-0.2, -0.15) is 0 Å². The first kappa shape index (κ1) is 16.1. The summed E-state index contributed by atoms with van der Waals surface area (Å²) in [7, 11) is -0.404. The molecule has 0 unspecified atom stereocenters. The molecule has 0 saturated heterocycles. The molecule has 1 fully saturated rings. The summed E-state index contributed by atoms with van der Waals surface area (Å²) < 4.78 is 25.3. The number of nitrogens with zero attached hydrogens (tertiary/aromatic N) is 1. The van der Waals surface area contributed by atoms with Crippen LogP contribution in [0.25, 0.3) is 0 Å². The molecular formula is C15H25N3O2S. The summed E-state index contributed by atoms with van der Waals surface area (Å²) in [6.45, 7) is 3.11. The minimum Gasteiger partial charge on any atom is -0.397 e. The fraction of sp³-hybridized carbons (Fsp3) is 0.600. The maximum atomic E-state index is 12.1. The number of hydrogen-bond donors (Lipinski definition) is 2. The lowest BCUT2D eigenvalue weighted by molar-refractivity contribution is 0.486. The molecule has 2 rings (SSSR count). The first-order valence-corrected chi connectivity index (χ1v) is 8.81. The molecule has 5 nitrogen and oxygen atoms in total. The third kappa shape index (κ3) is 3.49. The molecule has 1 aromatic carbocycles. The van der Waals surface area contributed by atoms with Gasteiger partial charge in [-0.1, -0.05) is 13.3 Å². The van der Waals surface area contributed by atoms with Gasteiger partial charge < -0.3 is 11.1 Å². The first-order valence-electron chi connectivity index (χ1n) is 7.37. The van der Waals surface area contributed by atoms with E-state index in [1.165, 1.54) is 50.2 Å². The second-order valence-electron chi connectivity index (χ2n) is 6.14. The maximum Gasteiger partial charge on any atom is 0.242 e. The lowest BCUT2D eigenvalue weighted by Gasteiger charge is -2.18. The number of hydrogen-bond acceptors (Lipinski definition) is 4. The molecule has 0 radical (unpaired) electrons. The van der Waals surface area contributed by atoms with Crippen LogP contribution in [0.4, 0.5) is 11.4 Å². The zero-order chi connectivity index (χ0) is 15.7. The summed E-state index contributed by atoms with van der Waals surface area (Å²) in [5.74, 6) is 0. The summed E-state index contributed by atoms with van der Waals surface area (Å²) in [6.07, 6.45) is 4.95. The molecule has 3 N–H and O–H groups in total. The van der Waals surface area contributed by atoms with Crippen molar-refractivity contribution in [2.24, 2.45) is 5.41 Å². The van der Waals surface area contributed by atoms with Crippen LogP contribution in [0.15, 0.2) is 23.1 Å². The molecule has 0 aromatic heterocycles. The molecule has 1 aliphatic rings. The number of nitrogen functional groups attached to an aromatic ring is 1. The van der Waals surface area contributed by atoms with Gasteiger partial charge in [0.2, 0.25) is 10.0 Å². The monoisotopic (exact) mass is 311 g/mol. The molecule has 6 heteroatoms. The highest BCUT2D eigenvalue weighted by atomic mass is 32.2. The molecule has 0 amide bonds. The third-order valence-corrected chi connectivity index (χ3v) is 6.00. The number of nitrogens with one attached hydrogen (secondary N) is 1. The van der Waals surface area contributed by atoms with Crippen LogP contribution in [0, 0.1) is 5.41 Å². The lowest BCUT2D eigenvalue weighted by atomic mass is 10.0. The second kappa shape index (κ2) is 5.85. The SMILES string of the molecule is CCCC1(CNc2ccc(S(=O)(=O)N(C)C)cc2N)CC1. The van der Waals surface area contributed by atoms with E-state index in [-0.39, 0.29) is 4.90 Å². The van der Waals surface area contributed by atoms with Crippen LogP contribution in [0.1, 0.15) is 32.6 Å². The zero-order valence-corrected chi connectivity index (χ0v) is 13.8. The summed E-state index contributed by atoms with van der Waals surface area (Å²) in [6, 6.07) is 4.89. The smallest absolute Gasteiger partial charge is 0.242 e. The third-order valence-electron chi connectivity index (χ3n) is 4.19. The van der Waals surface area contributed by atoms with Crippen molar-refractivity contribution in [3.63, 3.8) is 0 Å². The van der Waals surface area contributed by atoms with E-state index >= 15 is 0 Å². The van der Waals surface area contributed by atoms with Crippen LogP contribution in [-0.2, 0) is 10.0 Å². The highest BCUT2D eigenvalue weighted by Gasteiger charge is 2.41. The quantitative estimate of drug-likeness (QED) is 0.759. The standard InChI is InChI=1S/C15H25N3O2S/c1-4-7-15(8-9-15)11-17-14-6-5-12(10-13(14)16)21(19,20)18(2)3/h5-6,10,17H,4,7-9,11,16H2,1-3H3. The summed E-state index contributed by atoms with van der Waals surface area (Å²) in [4.78, 5) is 0.227. The maximum absolute atomic E-state index is 12.1. The molecule has 1 saturated carbocycles. The van der Waals surface area contributed by atoms with Crippen molar-refractivity contribution < 1.29 is 8.42 Å². The van der Waals surface area contributed by atoms with E-state index in [4.69, 9.17) is 5.73 Å². The highest BCUT2D eigenvalue weighted by molar-refractivity contribution is 7.89. The van der Waals surface area contributed by atoms with Crippen molar-refractivity contribution >= 4 is 21.4 Å². The molecule has 0 bridgehead atoms. The number of anilines is 2. The number of sulfonamides is 1. The first-order chi connectivity index (χ1) is 9.81. The summed E-state index contributed by atoms with van der Waals surface area (Å²) in [5.41, 5.74) is 7.71. The van der Waals surface area contributed by atoms with Crippen molar-refractivity contribution in [3.8, 4) is 0 Å². The molecular weight excluding hydrogens is 286 g/mol. The Morgan fingerprint density at radius 3 is 2.48 bits per heavy atom. The Balaban J connectivity index is 2.10. The minimum absolute atomic E-state index is 0.227. The number of benzene rings is 1. The average molecular weight is 311 g/mol. The minimum atomic E-state index is -3.43. The molecule has 0 aliphatic heterocycles. The predicted molar refractivity (Wildman–Crippen MR) is 86.8 cm³/mol. The fourth-order valence-corrected chi connectivity index (χ4v) is 3.52. The predicted octanol–water partition coefficient (Wildman–Crippen LogP) is 2.51.